The first-order valence-corrected chi connectivity index (χ1v) is 7.70. The lowest BCUT2D eigenvalue weighted by Crippen LogP contribution is -1.91. The molecule has 0 heterocycles. The molecule has 0 spiro atoms. The molecule has 2 aromatic carbocycles. The highest BCUT2D eigenvalue weighted by Gasteiger charge is 2.15. The molecule has 0 unspecified atom stereocenters. The lowest BCUT2D eigenvalue weighted by molar-refractivity contribution is -0.387. The molecule has 0 bridgehead atoms. The zero-order valence-corrected chi connectivity index (χ0v) is 13.3. The van der Waals surface area contributed by atoms with E-state index in [1.54, 1.807) is 12.1 Å². The molecule has 98 valence electrons. The lowest BCUT2D eigenvalue weighted by atomic mass is 10.2. The summed E-state index contributed by atoms with van der Waals surface area (Å²) >= 11 is 3.51. The lowest BCUT2D eigenvalue weighted by Gasteiger charge is -2.04. The van der Waals surface area contributed by atoms with E-state index < -0.39 is 0 Å². The molecule has 0 aliphatic carbocycles. The van der Waals surface area contributed by atoms with E-state index in [4.69, 9.17) is 0 Å². The van der Waals surface area contributed by atoms with Crippen molar-refractivity contribution in [2.75, 3.05) is 0 Å². The third-order valence-electron chi connectivity index (χ3n) is 2.68. The third kappa shape index (κ3) is 3.70. The van der Waals surface area contributed by atoms with Crippen LogP contribution in [-0.4, -0.2) is 4.92 Å². The Bertz CT molecular complexity index is 599. The normalized spacial score (nSPS) is 10.4. The Morgan fingerprint density at radius 1 is 1.21 bits per heavy atom. The maximum absolute atomic E-state index is 11.1. The van der Waals surface area contributed by atoms with Crippen molar-refractivity contribution in [1.29, 1.82) is 0 Å². The third-order valence-corrected chi connectivity index (χ3v) is 4.42. The van der Waals surface area contributed by atoms with Crippen LogP contribution in [0.5, 0.6) is 0 Å². The smallest absolute Gasteiger partial charge is 0.258 e. The molecule has 0 aliphatic heterocycles. The summed E-state index contributed by atoms with van der Waals surface area (Å²) in [5, 5.41) is 11.1. The number of hydrogen-bond acceptors (Lipinski definition) is 3. The Balaban J connectivity index is 2.29. The van der Waals surface area contributed by atoms with E-state index >= 15 is 0 Å². The topological polar surface area (TPSA) is 43.1 Å². The molecule has 0 amide bonds. The van der Waals surface area contributed by atoms with Crippen molar-refractivity contribution in [2.24, 2.45) is 0 Å². The molecule has 0 saturated heterocycles. The van der Waals surface area contributed by atoms with Gasteiger partial charge in [0.05, 0.1) is 9.82 Å². The summed E-state index contributed by atoms with van der Waals surface area (Å²) in [7, 11) is 0. The molecule has 5 heteroatoms. The average Bonchev–Trinajstić information content (AvgIpc) is 2.41. The molecule has 0 radical (unpaired) electrons. The zero-order valence-electron chi connectivity index (χ0n) is 10.3. The van der Waals surface area contributed by atoms with E-state index in [1.807, 2.05) is 18.2 Å². The van der Waals surface area contributed by atoms with Crippen molar-refractivity contribution in [3.8, 4) is 0 Å². The van der Waals surface area contributed by atoms with Crippen LogP contribution in [0.2, 0.25) is 0 Å². The predicted molar refractivity (Wildman–Crippen MR) is 85.8 cm³/mol. The van der Waals surface area contributed by atoms with Gasteiger partial charge in [-0.3, -0.25) is 10.1 Å². The Hall–Kier alpha value is -1.08. The molecule has 0 atom stereocenters. The first-order valence-electron chi connectivity index (χ1n) is 5.81. The fraction of sp³-hybridized carbons (Fsp3) is 0.143. The summed E-state index contributed by atoms with van der Waals surface area (Å²) in [5.41, 5.74) is 1.43. The van der Waals surface area contributed by atoms with E-state index in [0.717, 1.165) is 14.9 Å². The molecule has 0 fully saturated rings. The van der Waals surface area contributed by atoms with Gasteiger partial charge >= 0.3 is 0 Å². The number of benzene rings is 2. The molecule has 0 aliphatic rings. The Morgan fingerprint density at radius 2 is 1.89 bits per heavy atom. The van der Waals surface area contributed by atoms with E-state index in [-0.39, 0.29) is 10.6 Å². The van der Waals surface area contributed by atoms with Crippen molar-refractivity contribution in [3.05, 3.63) is 61.7 Å². The largest absolute Gasteiger partial charge is 0.284 e. The van der Waals surface area contributed by atoms with Crippen molar-refractivity contribution in [1.82, 2.24) is 0 Å². The molecule has 3 nitrogen and oxygen atoms in total. The number of hydrogen-bond donors (Lipinski definition) is 0. The van der Waals surface area contributed by atoms with E-state index in [2.05, 4.69) is 41.6 Å². The first kappa shape index (κ1) is 14.3. The Labute approximate surface area is 129 Å². The molecule has 19 heavy (non-hydrogen) atoms. The molecule has 0 aromatic heterocycles. The van der Waals surface area contributed by atoms with E-state index in [1.165, 1.54) is 17.3 Å². The predicted octanol–water partition coefficient (Wildman–Crippen LogP) is 4.91. The molecule has 0 N–H and O–H groups in total. The number of aryl methyl sites for hydroxylation is 1. The van der Waals surface area contributed by atoms with Crippen molar-refractivity contribution >= 4 is 40.0 Å². The monoisotopic (exact) mass is 385 g/mol. The maximum Gasteiger partial charge on any atom is 0.284 e. The van der Waals surface area contributed by atoms with Gasteiger partial charge in [-0.25, -0.2) is 0 Å². The summed E-state index contributed by atoms with van der Waals surface area (Å²) in [6.07, 6.45) is 0.995. The summed E-state index contributed by atoms with van der Waals surface area (Å²) in [6, 6.07) is 13.4. The molecule has 2 rings (SSSR count). The minimum Gasteiger partial charge on any atom is -0.258 e. The summed E-state index contributed by atoms with van der Waals surface area (Å²) in [4.78, 5) is 12.4. The Morgan fingerprint density at radius 3 is 2.47 bits per heavy atom. The van der Waals surface area contributed by atoms with Gasteiger partial charge in [-0.2, -0.15) is 0 Å². The number of rotatable bonds is 4. The van der Waals surface area contributed by atoms with E-state index in [9.17, 15) is 10.1 Å². The second kappa shape index (κ2) is 6.38. The minimum absolute atomic E-state index is 0.163. The number of halogens is 1. The van der Waals surface area contributed by atoms with Crippen LogP contribution in [0.4, 0.5) is 5.69 Å². The minimum atomic E-state index is -0.328. The van der Waals surface area contributed by atoms with Crippen LogP contribution < -0.4 is 0 Å². The second-order valence-corrected chi connectivity index (χ2v) is 6.33. The second-order valence-electron chi connectivity index (χ2n) is 3.97. The van der Waals surface area contributed by atoms with Crippen LogP contribution in [0.3, 0.4) is 0 Å². The SMILES string of the molecule is CCc1ccc(Sc2ccc(I)cc2[N+](=O)[O-])cc1. The highest BCUT2D eigenvalue weighted by Crippen LogP contribution is 2.35. The average molecular weight is 385 g/mol. The van der Waals surface area contributed by atoms with Crippen LogP contribution >= 0.6 is 34.4 Å². The molecular weight excluding hydrogens is 373 g/mol. The number of nitro benzene ring substituents is 1. The van der Waals surface area contributed by atoms with E-state index in [0.29, 0.717) is 4.90 Å². The molecular formula is C14H12INO2S. The fourth-order valence-corrected chi connectivity index (χ4v) is 3.01. The fourth-order valence-electron chi connectivity index (χ4n) is 1.64. The zero-order chi connectivity index (χ0) is 13.8. The van der Waals surface area contributed by atoms with Gasteiger partial charge in [-0.05, 0) is 58.8 Å². The highest BCUT2D eigenvalue weighted by atomic mass is 127. The van der Waals surface area contributed by atoms with Gasteiger partial charge in [-0.15, -0.1) is 0 Å². The number of nitrogens with zero attached hydrogens (tertiary/aromatic N) is 1. The van der Waals surface area contributed by atoms with Gasteiger partial charge in [0.2, 0.25) is 0 Å². The van der Waals surface area contributed by atoms with Crippen molar-refractivity contribution in [2.45, 2.75) is 23.1 Å². The van der Waals surface area contributed by atoms with Gasteiger partial charge < -0.3 is 0 Å². The van der Waals surface area contributed by atoms with Crippen molar-refractivity contribution in [3.63, 3.8) is 0 Å². The Kier molecular flexibility index (Phi) is 4.81. The van der Waals surface area contributed by atoms with Crippen LogP contribution in [0, 0.1) is 13.7 Å². The summed E-state index contributed by atoms with van der Waals surface area (Å²) in [6.45, 7) is 2.10. The van der Waals surface area contributed by atoms with Gasteiger partial charge in [-0.1, -0.05) is 30.8 Å². The van der Waals surface area contributed by atoms with Crippen LogP contribution in [0.15, 0.2) is 52.3 Å². The standard InChI is InChI=1S/C14H12INO2S/c1-2-10-3-6-12(7-4-10)19-14-8-5-11(15)9-13(14)16(17)18/h3-9H,2H2,1H3. The highest BCUT2D eigenvalue weighted by molar-refractivity contribution is 14.1. The first-order chi connectivity index (χ1) is 9.10. The summed E-state index contributed by atoms with van der Waals surface area (Å²) < 4.78 is 0.870. The van der Waals surface area contributed by atoms with Gasteiger partial charge in [0, 0.05) is 14.5 Å². The quantitative estimate of drug-likeness (QED) is 0.427. The van der Waals surface area contributed by atoms with Gasteiger partial charge in [0.25, 0.3) is 5.69 Å². The van der Waals surface area contributed by atoms with Crippen LogP contribution in [0.25, 0.3) is 0 Å². The van der Waals surface area contributed by atoms with Crippen LogP contribution in [0.1, 0.15) is 12.5 Å². The molecule has 0 saturated carbocycles. The number of nitro groups is 1. The maximum atomic E-state index is 11.1. The molecule has 2 aromatic rings. The van der Waals surface area contributed by atoms with Gasteiger partial charge in [0.15, 0.2) is 0 Å². The van der Waals surface area contributed by atoms with Gasteiger partial charge in [0.1, 0.15) is 0 Å². The van der Waals surface area contributed by atoms with Crippen molar-refractivity contribution < 1.29 is 4.92 Å². The van der Waals surface area contributed by atoms with Crippen LogP contribution in [-0.2, 0) is 6.42 Å². The summed E-state index contributed by atoms with van der Waals surface area (Å²) in [5.74, 6) is 0.